The molecule has 6 heteroatoms. The second-order valence-corrected chi connectivity index (χ2v) is 10.6. The van der Waals surface area contributed by atoms with Crippen molar-refractivity contribution in [2.45, 2.75) is 155 Å². The van der Waals surface area contributed by atoms with E-state index in [0.29, 0.717) is 0 Å². The first-order valence-corrected chi connectivity index (χ1v) is 15.2. The fourth-order valence-corrected chi connectivity index (χ4v) is 4.70. The van der Waals surface area contributed by atoms with Crippen molar-refractivity contribution in [3.63, 3.8) is 0 Å². The van der Waals surface area contributed by atoms with Gasteiger partial charge in [-0.05, 0) is 12.8 Å². The van der Waals surface area contributed by atoms with Gasteiger partial charge in [0.15, 0.2) is 0 Å². The molecule has 0 unspecified atom stereocenters. The molecule has 0 amide bonds. The SMILES string of the molecule is CCCCCCCCCCCCCOP(=O)([O-])OCCCCCCCCCCCCC.[Na+]. The molecule has 0 aromatic rings. The monoisotopic (exact) mass is 484 g/mol. The number of unbranched alkanes of at least 4 members (excludes halogenated alkanes) is 20. The van der Waals surface area contributed by atoms with Crippen molar-refractivity contribution in [1.29, 1.82) is 0 Å². The van der Waals surface area contributed by atoms with Crippen LogP contribution in [0, 0.1) is 0 Å². The predicted molar refractivity (Wildman–Crippen MR) is 132 cm³/mol. The van der Waals surface area contributed by atoms with Gasteiger partial charge in [-0.3, -0.25) is 4.57 Å². The summed E-state index contributed by atoms with van der Waals surface area (Å²) < 4.78 is 21.8. The molecule has 0 aliphatic carbocycles. The third-order valence-corrected chi connectivity index (χ3v) is 6.99. The summed E-state index contributed by atoms with van der Waals surface area (Å²) in [6.07, 6.45) is 27.4. The van der Waals surface area contributed by atoms with Crippen molar-refractivity contribution in [1.82, 2.24) is 0 Å². The molecule has 0 spiro atoms. The molecule has 0 aromatic carbocycles. The molecule has 188 valence electrons. The molecule has 4 nitrogen and oxygen atoms in total. The van der Waals surface area contributed by atoms with E-state index in [1.54, 1.807) is 0 Å². The fraction of sp³-hybridized carbons (Fsp3) is 1.00. The zero-order valence-corrected chi connectivity index (χ0v) is 24.9. The largest absolute Gasteiger partial charge is 1.00 e. The van der Waals surface area contributed by atoms with Gasteiger partial charge in [-0.1, -0.05) is 142 Å². The predicted octanol–water partition coefficient (Wildman–Crippen LogP) is 6.11. The van der Waals surface area contributed by atoms with Crippen LogP contribution < -0.4 is 34.5 Å². The maximum Gasteiger partial charge on any atom is 1.00 e. The topological polar surface area (TPSA) is 58.6 Å². The Balaban J connectivity index is 0. The van der Waals surface area contributed by atoms with Crippen molar-refractivity contribution in [3.05, 3.63) is 0 Å². The van der Waals surface area contributed by atoms with Gasteiger partial charge in [0.05, 0.1) is 13.2 Å². The Morgan fingerprint density at radius 1 is 0.469 bits per heavy atom. The van der Waals surface area contributed by atoms with E-state index >= 15 is 0 Å². The maximum atomic E-state index is 11.8. The molecule has 0 aromatic heterocycles. The van der Waals surface area contributed by atoms with E-state index in [4.69, 9.17) is 9.05 Å². The van der Waals surface area contributed by atoms with Crippen LogP contribution in [-0.4, -0.2) is 13.2 Å². The van der Waals surface area contributed by atoms with Gasteiger partial charge in [-0.2, -0.15) is 0 Å². The van der Waals surface area contributed by atoms with Crippen LogP contribution >= 0.6 is 7.82 Å². The summed E-state index contributed by atoms with van der Waals surface area (Å²) in [5.74, 6) is 0. The van der Waals surface area contributed by atoms with Gasteiger partial charge >= 0.3 is 29.6 Å². The summed E-state index contributed by atoms with van der Waals surface area (Å²) >= 11 is 0. The van der Waals surface area contributed by atoms with Crippen LogP contribution in [0.4, 0.5) is 0 Å². The number of hydrogen-bond acceptors (Lipinski definition) is 4. The van der Waals surface area contributed by atoms with E-state index < -0.39 is 7.82 Å². The molecule has 0 radical (unpaired) electrons. The average Bonchev–Trinajstić information content (AvgIpc) is 2.75. The molecule has 0 rings (SSSR count). The molecule has 0 fully saturated rings. The number of phosphoric ester groups is 1. The van der Waals surface area contributed by atoms with Gasteiger partial charge in [-0.15, -0.1) is 0 Å². The van der Waals surface area contributed by atoms with E-state index in [1.165, 1.54) is 116 Å². The summed E-state index contributed by atoms with van der Waals surface area (Å²) in [6.45, 7) is 5.02. The van der Waals surface area contributed by atoms with Crippen LogP contribution in [0.1, 0.15) is 155 Å². The van der Waals surface area contributed by atoms with Crippen LogP contribution in [0.25, 0.3) is 0 Å². The quantitative estimate of drug-likeness (QED) is 0.0844. The van der Waals surface area contributed by atoms with Crippen molar-refractivity contribution >= 4 is 7.82 Å². The number of hydrogen-bond donors (Lipinski definition) is 0. The van der Waals surface area contributed by atoms with E-state index in [9.17, 15) is 9.46 Å². The minimum Gasteiger partial charge on any atom is -0.756 e. The molecule has 32 heavy (non-hydrogen) atoms. The van der Waals surface area contributed by atoms with Gasteiger partial charge in [0.2, 0.25) is 0 Å². The second-order valence-electron chi connectivity index (χ2n) is 9.18. The first-order chi connectivity index (χ1) is 15.1. The Hall–Kier alpha value is 1.11. The van der Waals surface area contributed by atoms with Crippen LogP contribution in [-0.2, 0) is 13.6 Å². The molecular formula is C26H54NaO4P. The fourth-order valence-electron chi connectivity index (χ4n) is 3.92. The molecule has 0 bridgehead atoms. The van der Waals surface area contributed by atoms with E-state index in [-0.39, 0.29) is 42.8 Å². The zero-order chi connectivity index (χ0) is 22.9. The first kappa shape index (κ1) is 35.3. The third kappa shape index (κ3) is 29.1. The van der Waals surface area contributed by atoms with Gasteiger partial charge in [0.25, 0.3) is 7.82 Å². The van der Waals surface area contributed by atoms with Crippen molar-refractivity contribution in [2.75, 3.05) is 13.2 Å². The number of phosphoric acid groups is 1. The Morgan fingerprint density at radius 2 is 0.688 bits per heavy atom. The first-order valence-electron chi connectivity index (χ1n) is 13.7. The van der Waals surface area contributed by atoms with Crippen molar-refractivity contribution in [3.8, 4) is 0 Å². The molecule has 0 atom stereocenters. The molecule has 0 saturated carbocycles. The number of rotatable bonds is 26. The second kappa shape index (κ2) is 28.3. The van der Waals surface area contributed by atoms with Gasteiger partial charge < -0.3 is 13.9 Å². The molecule has 0 aliphatic heterocycles. The minimum atomic E-state index is -4.10. The normalized spacial score (nSPS) is 11.6. The molecule has 0 aliphatic rings. The third-order valence-electron chi connectivity index (χ3n) is 5.99. The summed E-state index contributed by atoms with van der Waals surface area (Å²) in [7, 11) is -4.10. The average molecular weight is 485 g/mol. The van der Waals surface area contributed by atoms with Crippen molar-refractivity contribution < 1.29 is 48.1 Å². The summed E-state index contributed by atoms with van der Waals surface area (Å²) in [4.78, 5) is 11.8. The van der Waals surface area contributed by atoms with Gasteiger partial charge in [0, 0.05) is 0 Å². The Morgan fingerprint density at radius 3 is 0.938 bits per heavy atom. The van der Waals surface area contributed by atoms with Crippen LogP contribution in [0.15, 0.2) is 0 Å². The molecule has 0 N–H and O–H groups in total. The van der Waals surface area contributed by atoms with E-state index in [1.807, 2.05) is 0 Å². The Kier molecular flexibility index (Phi) is 31.2. The van der Waals surface area contributed by atoms with Crippen molar-refractivity contribution in [2.24, 2.45) is 0 Å². The van der Waals surface area contributed by atoms with E-state index in [2.05, 4.69) is 13.8 Å². The van der Waals surface area contributed by atoms with Crippen LogP contribution in [0.5, 0.6) is 0 Å². The van der Waals surface area contributed by atoms with E-state index in [0.717, 1.165) is 25.7 Å². The van der Waals surface area contributed by atoms with Crippen LogP contribution in [0.2, 0.25) is 0 Å². The molecule has 0 saturated heterocycles. The smallest absolute Gasteiger partial charge is 0.756 e. The Bertz CT molecular complexity index is 364. The standard InChI is InChI=1S/C26H55O4P.Na/c1-3-5-7-9-11-13-15-17-19-21-23-25-29-31(27,28)30-26-24-22-20-18-16-14-12-10-8-6-4-2;/h3-26H2,1-2H3,(H,27,28);/q;+1/p-1. The molecule has 0 heterocycles. The van der Waals surface area contributed by atoms with Gasteiger partial charge in [-0.25, -0.2) is 0 Å². The summed E-state index contributed by atoms with van der Waals surface area (Å²) in [5.41, 5.74) is 0. The minimum absolute atomic E-state index is 0. The Labute approximate surface area is 223 Å². The zero-order valence-electron chi connectivity index (χ0n) is 22.1. The van der Waals surface area contributed by atoms with Gasteiger partial charge in [0.1, 0.15) is 0 Å². The summed E-state index contributed by atoms with van der Waals surface area (Å²) in [6, 6.07) is 0. The van der Waals surface area contributed by atoms with Crippen LogP contribution in [0.3, 0.4) is 0 Å². The summed E-state index contributed by atoms with van der Waals surface area (Å²) in [5, 5.41) is 0. The maximum absolute atomic E-state index is 11.8. The molecular weight excluding hydrogens is 430 g/mol.